The van der Waals surface area contributed by atoms with Gasteiger partial charge in [-0.05, 0) is 37.6 Å². The van der Waals surface area contributed by atoms with E-state index in [0.717, 1.165) is 11.6 Å². The summed E-state index contributed by atoms with van der Waals surface area (Å²) in [5.74, 6) is 0. The molecular weight excluding hydrogens is 431 g/mol. The van der Waals surface area contributed by atoms with Crippen LogP contribution in [-0.2, 0) is 6.54 Å². The van der Waals surface area contributed by atoms with Crippen molar-refractivity contribution < 1.29 is 28.7 Å². The number of rotatable bonds is 10. The maximum atomic E-state index is 6.00. The van der Waals surface area contributed by atoms with Gasteiger partial charge in [0.1, 0.15) is 5.69 Å². The summed E-state index contributed by atoms with van der Waals surface area (Å²) in [6, 6.07) is 10.3. The van der Waals surface area contributed by atoms with Crippen LogP contribution in [0.1, 0.15) is 64.0 Å². The van der Waals surface area contributed by atoms with Crippen LogP contribution in [0.4, 0.5) is 0 Å². The lowest BCUT2D eigenvalue weighted by molar-refractivity contribution is -0.767. The predicted molar refractivity (Wildman–Crippen MR) is 98.3 cm³/mol. The molecule has 0 radical (unpaired) electrons. The SMILES string of the molecule is CCCCCCCCCC[n+]1ccc(C)n1-c1ccc(Cl)cc1.[I-]. The summed E-state index contributed by atoms with van der Waals surface area (Å²) >= 11 is 6.00. The molecule has 1 aromatic heterocycles. The van der Waals surface area contributed by atoms with Crippen molar-refractivity contribution in [3.05, 3.63) is 47.2 Å². The van der Waals surface area contributed by atoms with Gasteiger partial charge in [0.05, 0.1) is 5.69 Å². The molecule has 0 fully saturated rings. The molecule has 134 valence electrons. The van der Waals surface area contributed by atoms with E-state index in [9.17, 15) is 0 Å². The van der Waals surface area contributed by atoms with Gasteiger partial charge in [-0.1, -0.05) is 57.0 Å². The van der Waals surface area contributed by atoms with Crippen LogP contribution in [0.3, 0.4) is 0 Å². The second-order valence-electron chi connectivity index (χ2n) is 6.38. The lowest BCUT2D eigenvalue weighted by Gasteiger charge is -2.06. The monoisotopic (exact) mass is 460 g/mol. The summed E-state index contributed by atoms with van der Waals surface area (Å²) in [7, 11) is 0. The Morgan fingerprint density at radius 1 is 0.875 bits per heavy atom. The van der Waals surface area contributed by atoms with Gasteiger partial charge in [0.2, 0.25) is 0 Å². The Hall–Kier alpha value is -0.550. The molecule has 0 N–H and O–H groups in total. The Labute approximate surface area is 169 Å². The zero-order chi connectivity index (χ0) is 16.5. The van der Waals surface area contributed by atoms with Gasteiger partial charge in [0.15, 0.2) is 12.7 Å². The molecule has 0 aliphatic rings. The van der Waals surface area contributed by atoms with Crippen LogP contribution in [0.5, 0.6) is 0 Å². The Morgan fingerprint density at radius 2 is 1.46 bits per heavy atom. The Bertz CT molecular complexity index is 578. The number of aromatic nitrogens is 2. The van der Waals surface area contributed by atoms with Gasteiger partial charge in [-0.3, -0.25) is 0 Å². The number of unbranched alkanes of at least 4 members (excludes halogenated alkanes) is 7. The van der Waals surface area contributed by atoms with E-state index in [1.54, 1.807) is 0 Å². The zero-order valence-corrected chi connectivity index (χ0v) is 17.9. The minimum absolute atomic E-state index is 0. The first-order valence-corrected chi connectivity index (χ1v) is 9.44. The highest BCUT2D eigenvalue weighted by molar-refractivity contribution is 6.30. The van der Waals surface area contributed by atoms with Crippen molar-refractivity contribution in [2.45, 2.75) is 71.8 Å². The third-order valence-electron chi connectivity index (χ3n) is 4.39. The van der Waals surface area contributed by atoms with E-state index < -0.39 is 0 Å². The predicted octanol–water partition coefficient (Wildman–Crippen LogP) is 2.87. The second-order valence-corrected chi connectivity index (χ2v) is 6.82. The highest BCUT2D eigenvalue weighted by Gasteiger charge is 2.13. The van der Waals surface area contributed by atoms with Crippen LogP contribution in [0.2, 0.25) is 5.02 Å². The second kappa shape index (κ2) is 11.9. The van der Waals surface area contributed by atoms with E-state index in [1.807, 2.05) is 12.1 Å². The highest BCUT2D eigenvalue weighted by atomic mass is 127. The Balaban J connectivity index is 0.00000288. The molecule has 0 aliphatic heterocycles. The number of nitrogens with zero attached hydrogens (tertiary/aromatic N) is 2. The molecule has 2 aromatic rings. The van der Waals surface area contributed by atoms with Gasteiger partial charge >= 0.3 is 0 Å². The summed E-state index contributed by atoms with van der Waals surface area (Å²) in [5.41, 5.74) is 2.43. The first-order chi connectivity index (χ1) is 11.2. The molecule has 0 amide bonds. The molecule has 0 saturated heterocycles. The molecule has 1 heterocycles. The van der Waals surface area contributed by atoms with Crippen LogP contribution in [0.25, 0.3) is 5.69 Å². The summed E-state index contributed by atoms with van der Waals surface area (Å²) in [4.78, 5) is 0. The van der Waals surface area contributed by atoms with Crippen LogP contribution < -0.4 is 28.7 Å². The van der Waals surface area contributed by atoms with Crippen LogP contribution in [0.15, 0.2) is 36.5 Å². The van der Waals surface area contributed by atoms with Crippen molar-refractivity contribution in [1.82, 2.24) is 4.68 Å². The first-order valence-electron chi connectivity index (χ1n) is 9.06. The lowest BCUT2D eigenvalue weighted by atomic mass is 10.1. The smallest absolute Gasteiger partial charge is 0.196 e. The highest BCUT2D eigenvalue weighted by Crippen LogP contribution is 2.14. The molecule has 0 atom stereocenters. The van der Waals surface area contributed by atoms with Crippen molar-refractivity contribution in [2.75, 3.05) is 0 Å². The van der Waals surface area contributed by atoms with Gasteiger partial charge in [-0.15, -0.1) is 9.36 Å². The molecule has 0 saturated carbocycles. The van der Waals surface area contributed by atoms with Crippen molar-refractivity contribution in [1.29, 1.82) is 0 Å². The Kier molecular flexibility index (Phi) is 10.7. The number of hydrogen-bond donors (Lipinski definition) is 0. The number of hydrogen-bond acceptors (Lipinski definition) is 0. The third-order valence-corrected chi connectivity index (χ3v) is 4.64. The van der Waals surface area contributed by atoms with Gasteiger partial charge in [-0.25, -0.2) is 0 Å². The normalized spacial score (nSPS) is 10.6. The average molecular weight is 461 g/mol. The number of aryl methyl sites for hydroxylation is 2. The molecule has 0 spiro atoms. The molecule has 0 unspecified atom stereocenters. The summed E-state index contributed by atoms with van der Waals surface area (Å²) in [6.45, 7) is 5.50. The molecule has 24 heavy (non-hydrogen) atoms. The number of halogens is 2. The van der Waals surface area contributed by atoms with E-state index in [0.29, 0.717) is 0 Å². The molecular formula is C20H30ClIN2. The quantitative estimate of drug-likeness (QED) is 0.293. The van der Waals surface area contributed by atoms with E-state index in [2.05, 4.69) is 47.6 Å². The van der Waals surface area contributed by atoms with Crippen molar-refractivity contribution in [3.8, 4) is 5.69 Å². The fourth-order valence-corrected chi connectivity index (χ4v) is 3.18. The average Bonchev–Trinajstić information content (AvgIpc) is 2.92. The molecule has 0 bridgehead atoms. The third kappa shape index (κ3) is 6.75. The van der Waals surface area contributed by atoms with Crippen molar-refractivity contribution in [3.63, 3.8) is 0 Å². The largest absolute Gasteiger partial charge is 1.00 e. The summed E-state index contributed by atoms with van der Waals surface area (Å²) < 4.78 is 4.59. The van der Waals surface area contributed by atoms with E-state index >= 15 is 0 Å². The molecule has 1 aromatic carbocycles. The van der Waals surface area contributed by atoms with E-state index in [-0.39, 0.29) is 24.0 Å². The van der Waals surface area contributed by atoms with Crippen molar-refractivity contribution >= 4 is 11.6 Å². The lowest BCUT2D eigenvalue weighted by Crippen LogP contribution is -3.00. The van der Waals surface area contributed by atoms with E-state index in [1.165, 1.54) is 62.7 Å². The van der Waals surface area contributed by atoms with Gasteiger partial charge < -0.3 is 24.0 Å². The molecule has 0 aliphatic carbocycles. The fraction of sp³-hybridized carbons (Fsp3) is 0.550. The molecule has 2 rings (SSSR count). The summed E-state index contributed by atoms with van der Waals surface area (Å²) in [5, 5.41) is 0.785. The van der Waals surface area contributed by atoms with Crippen LogP contribution in [0, 0.1) is 6.92 Å². The topological polar surface area (TPSA) is 8.81 Å². The first kappa shape index (κ1) is 21.5. The standard InChI is InChI=1S/C20H30ClN2.HI/c1-3-4-5-6-7-8-9-10-16-22-17-15-18(2)23(22)20-13-11-19(21)12-14-20;/h11-15,17H,3-10,16H2,1-2H3;1H/q+1;/p-1. The maximum Gasteiger partial charge on any atom is 0.196 e. The molecule has 2 nitrogen and oxygen atoms in total. The van der Waals surface area contributed by atoms with E-state index in [4.69, 9.17) is 11.6 Å². The van der Waals surface area contributed by atoms with Gasteiger partial charge in [0, 0.05) is 17.5 Å². The van der Waals surface area contributed by atoms with Crippen LogP contribution >= 0.6 is 11.6 Å². The minimum atomic E-state index is 0. The fourth-order valence-electron chi connectivity index (χ4n) is 3.05. The minimum Gasteiger partial charge on any atom is -1.00 e. The van der Waals surface area contributed by atoms with Gasteiger partial charge in [-0.2, -0.15) is 0 Å². The number of benzene rings is 1. The molecule has 4 heteroatoms. The van der Waals surface area contributed by atoms with Crippen molar-refractivity contribution in [2.24, 2.45) is 0 Å². The zero-order valence-electron chi connectivity index (χ0n) is 15.0. The van der Waals surface area contributed by atoms with Gasteiger partial charge in [0.25, 0.3) is 0 Å². The maximum absolute atomic E-state index is 6.00. The van der Waals surface area contributed by atoms with Crippen LogP contribution in [-0.4, -0.2) is 4.68 Å². The Morgan fingerprint density at radius 3 is 2.08 bits per heavy atom. The summed E-state index contributed by atoms with van der Waals surface area (Å²) in [6.07, 6.45) is 13.0.